The molecular formula is C2H5BrOS. The molecule has 0 unspecified atom stereocenters. The maximum absolute atomic E-state index is 7.79. The molecule has 0 amide bonds. The standard InChI is InChI=1S/C2H4OS.BrH/c1-2(3)4;/h1H3,(H,3,4);1H. The third-order valence-electron chi connectivity index (χ3n) is 0. The number of thiocarbonyl (C=S) groups is 1. The lowest BCUT2D eigenvalue weighted by molar-refractivity contribution is 0.565. The van der Waals surface area contributed by atoms with Crippen LogP contribution >= 0.6 is 29.2 Å². The fourth-order valence-corrected chi connectivity index (χ4v) is 0. The van der Waals surface area contributed by atoms with Crippen LogP contribution in [0.4, 0.5) is 0 Å². The van der Waals surface area contributed by atoms with E-state index in [1.54, 1.807) is 0 Å². The SMILES string of the molecule is Br.CC(O)=S. The van der Waals surface area contributed by atoms with Gasteiger partial charge in [0, 0.05) is 6.92 Å². The van der Waals surface area contributed by atoms with Crippen molar-refractivity contribution in [3.63, 3.8) is 0 Å². The molecule has 0 aromatic carbocycles. The minimum absolute atomic E-state index is 0. The van der Waals surface area contributed by atoms with Crippen molar-refractivity contribution in [2.75, 3.05) is 0 Å². The molecule has 5 heavy (non-hydrogen) atoms. The summed E-state index contributed by atoms with van der Waals surface area (Å²) in [4.78, 5) is 0. The van der Waals surface area contributed by atoms with Crippen molar-refractivity contribution >= 4 is 34.2 Å². The van der Waals surface area contributed by atoms with E-state index in [4.69, 9.17) is 5.11 Å². The molecule has 0 bridgehead atoms. The smallest absolute Gasteiger partial charge is 0.153 e. The summed E-state index contributed by atoms with van der Waals surface area (Å²) < 4.78 is 0. The Labute approximate surface area is 46.8 Å². The molecule has 0 radical (unpaired) electrons. The molecule has 0 atom stereocenters. The van der Waals surface area contributed by atoms with Crippen LogP contribution in [0.15, 0.2) is 0 Å². The lowest BCUT2D eigenvalue weighted by atomic mass is 10.9. The molecule has 1 nitrogen and oxygen atoms in total. The quantitative estimate of drug-likeness (QED) is 0.537. The molecule has 32 valence electrons. The van der Waals surface area contributed by atoms with E-state index in [2.05, 4.69) is 12.2 Å². The van der Waals surface area contributed by atoms with Crippen molar-refractivity contribution in [1.82, 2.24) is 0 Å². The van der Waals surface area contributed by atoms with E-state index in [0.29, 0.717) is 0 Å². The van der Waals surface area contributed by atoms with Crippen LogP contribution in [0, 0.1) is 0 Å². The normalized spacial score (nSPS) is 5.00. The van der Waals surface area contributed by atoms with Gasteiger partial charge in [0.2, 0.25) is 0 Å². The third kappa shape index (κ3) is 179. The highest BCUT2D eigenvalue weighted by Crippen LogP contribution is 1.54. The molecule has 0 aromatic rings. The van der Waals surface area contributed by atoms with Gasteiger partial charge in [0.15, 0.2) is 5.05 Å². The van der Waals surface area contributed by atoms with Gasteiger partial charge >= 0.3 is 0 Å². The van der Waals surface area contributed by atoms with Gasteiger partial charge in [-0.05, 0) is 12.2 Å². The first-order valence-corrected chi connectivity index (χ1v) is 1.34. The summed E-state index contributed by atoms with van der Waals surface area (Å²) in [7, 11) is 0. The lowest BCUT2D eigenvalue weighted by Gasteiger charge is -1.64. The van der Waals surface area contributed by atoms with Crippen LogP contribution in [0.5, 0.6) is 0 Å². The van der Waals surface area contributed by atoms with Gasteiger partial charge in [0.05, 0.1) is 0 Å². The predicted molar refractivity (Wildman–Crippen MR) is 31.2 cm³/mol. The summed E-state index contributed by atoms with van der Waals surface area (Å²) in [5.74, 6) is 0. The Morgan fingerprint density at radius 1 is 1.80 bits per heavy atom. The number of hydrogen-bond acceptors (Lipinski definition) is 1. The van der Waals surface area contributed by atoms with Crippen LogP contribution in [0.3, 0.4) is 0 Å². The molecule has 0 aliphatic rings. The van der Waals surface area contributed by atoms with Gasteiger partial charge in [-0.15, -0.1) is 17.0 Å². The lowest BCUT2D eigenvalue weighted by Crippen LogP contribution is -1.72. The van der Waals surface area contributed by atoms with Crippen LogP contribution in [0.25, 0.3) is 0 Å². The van der Waals surface area contributed by atoms with Crippen LogP contribution < -0.4 is 0 Å². The molecule has 0 fully saturated rings. The second kappa shape index (κ2) is 4.37. The first-order valence-electron chi connectivity index (χ1n) is 0.928. The topological polar surface area (TPSA) is 20.2 Å². The Bertz CT molecular complexity index is 32.6. The fraction of sp³-hybridized carbons (Fsp3) is 0.500. The third-order valence-corrected chi connectivity index (χ3v) is 0. The maximum Gasteiger partial charge on any atom is 0.153 e. The first-order chi connectivity index (χ1) is 1.73. The van der Waals surface area contributed by atoms with Crippen molar-refractivity contribution in [1.29, 1.82) is 0 Å². The minimum Gasteiger partial charge on any atom is -0.502 e. The van der Waals surface area contributed by atoms with Crippen LogP contribution in [0.1, 0.15) is 6.92 Å². The molecule has 0 aliphatic carbocycles. The zero-order valence-electron chi connectivity index (χ0n) is 2.76. The van der Waals surface area contributed by atoms with Gasteiger partial charge in [-0.2, -0.15) is 0 Å². The van der Waals surface area contributed by atoms with E-state index in [-0.39, 0.29) is 22.0 Å². The largest absolute Gasteiger partial charge is 0.502 e. The minimum atomic E-state index is 0. The van der Waals surface area contributed by atoms with E-state index in [1.807, 2.05) is 0 Å². The predicted octanol–water partition coefficient (Wildman–Crippen LogP) is 1.47. The zero-order valence-corrected chi connectivity index (χ0v) is 5.29. The van der Waals surface area contributed by atoms with Crippen molar-refractivity contribution in [3.8, 4) is 0 Å². The van der Waals surface area contributed by atoms with Crippen molar-refractivity contribution in [3.05, 3.63) is 0 Å². The molecular weight excluding hydrogens is 152 g/mol. The highest BCUT2D eigenvalue weighted by molar-refractivity contribution is 8.93. The number of halogens is 1. The second-order valence-electron chi connectivity index (χ2n) is 0.519. The van der Waals surface area contributed by atoms with Gasteiger partial charge in [-0.25, -0.2) is 0 Å². The molecule has 0 saturated heterocycles. The molecule has 0 spiro atoms. The number of aliphatic hydroxyl groups excluding tert-OH is 1. The van der Waals surface area contributed by atoms with Crippen molar-refractivity contribution in [2.45, 2.75) is 6.92 Å². The summed E-state index contributed by atoms with van der Waals surface area (Å²) in [5.41, 5.74) is 0. The molecule has 0 rings (SSSR count). The van der Waals surface area contributed by atoms with Crippen LogP contribution in [-0.4, -0.2) is 10.2 Å². The Kier molecular flexibility index (Phi) is 7.89. The number of aliphatic hydroxyl groups is 1. The summed E-state index contributed by atoms with van der Waals surface area (Å²) in [6.07, 6.45) is 0. The average Bonchev–Trinajstić information content (AvgIpc) is 0.811. The number of rotatable bonds is 0. The fourth-order valence-electron chi connectivity index (χ4n) is 0. The Morgan fingerprint density at radius 2 is 1.80 bits per heavy atom. The van der Waals surface area contributed by atoms with Gasteiger partial charge in [-0.1, -0.05) is 0 Å². The first kappa shape index (κ1) is 9.03. The van der Waals surface area contributed by atoms with Crippen LogP contribution in [0.2, 0.25) is 0 Å². The molecule has 3 heteroatoms. The summed E-state index contributed by atoms with van der Waals surface area (Å²) in [6, 6.07) is 0. The Balaban J connectivity index is 0. The molecule has 0 saturated carbocycles. The summed E-state index contributed by atoms with van der Waals surface area (Å²) >= 11 is 4.09. The monoisotopic (exact) mass is 156 g/mol. The van der Waals surface area contributed by atoms with Crippen LogP contribution in [-0.2, 0) is 0 Å². The van der Waals surface area contributed by atoms with Gasteiger partial charge in [0.1, 0.15) is 0 Å². The van der Waals surface area contributed by atoms with Crippen molar-refractivity contribution < 1.29 is 5.11 Å². The number of hydrogen-bond donors (Lipinski definition) is 1. The summed E-state index contributed by atoms with van der Waals surface area (Å²) in [5, 5.41) is 7.79. The Hall–Kier alpha value is 0.370. The van der Waals surface area contributed by atoms with E-state index < -0.39 is 0 Å². The van der Waals surface area contributed by atoms with Crippen molar-refractivity contribution in [2.24, 2.45) is 0 Å². The highest BCUT2D eigenvalue weighted by Gasteiger charge is 1.58. The maximum atomic E-state index is 7.79. The second-order valence-corrected chi connectivity index (χ2v) is 1.11. The zero-order chi connectivity index (χ0) is 3.58. The van der Waals surface area contributed by atoms with Gasteiger partial charge in [0.25, 0.3) is 0 Å². The van der Waals surface area contributed by atoms with E-state index in [1.165, 1.54) is 6.92 Å². The molecule has 0 aliphatic heterocycles. The molecule has 0 aromatic heterocycles. The average molecular weight is 157 g/mol. The Morgan fingerprint density at radius 3 is 1.80 bits per heavy atom. The highest BCUT2D eigenvalue weighted by atomic mass is 79.9. The van der Waals surface area contributed by atoms with E-state index in [9.17, 15) is 0 Å². The van der Waals surface area contributed by atoms with E-state index in [0.717, 1.165) is 0 Å². The molecule has 1 N–H and O–H groups in total. The van der Waals surface area contributed by atoms with E-state index >= 15 is 0 Å². The summed E-state index contributed by atoms with van der Waals surface area (Å²) in [6.45, 7) is 1.45. The molecule has 0 heterocycles. The van der Waals surface area contributed by atoms with Gasteiger partial charge < -0.3 is 5.11 Å². The van der Waals surface area contributed by atoms with Gasteiger partial charge in [-0.3, -0.25) is 0 Å².